The molecule has 0 bridgehead atoms. The average Bonchev–Trinajstić information content (AvgIpc) is 2.73. The molecular weight excluding hydrogens is 474 g/mol. The largest absolute Gasteiger partial charge is 0.452 e. The summed E-state index contributed by atoms with van der Waals surface area (Å²) >= 11 is 3.20. The molecule has 1 amide bonds. The van der Waals surface area contributed by atoms with Gasteiger partial charge in [-0.25, -0.2) is 9.59 Å². The third kappa shape index (κ3) is 6.25. The van der Waals surface area contributed by atoms with Gasteiger partial charge in [0, 0.05) is 37.1 Å². The zero-order valence-electron chi connectivity index (χ0n) is 17.2. The zero-order valence-corrected chi connectivity index (χ0v) is 18.8. The summed E-state index contributed by atoms with van der Waals surface area (Å²) in [7, 11) is 1.43. The number of carbonyl (C=O) groups excluding carboxylic acids is 2. The molecule has 31 heavy (non-hydrogen) atoms. The molecule has 168 valence electrons. The summed E-state index contributed by atoms with van der Waals surface area (Å²) in [6.07, 6.45) is 4.25. The molecule has 0 saturated heterocycles. The summed E-state index contributed by atoms with van der Waals surface area (Å²) in [6.45, 7) is 1.62. The number of carbonyl (C=O) groups is 2. The number of nitrogens with one attached hydrogen (secondary N) is 1. The van der Waals surface area contributed by atoms with E-state index in [1.165, 1.54) is 30.1 Å². The minimum absolute atomic E-state index is 0.0371. The maximum atomic E-state index is 12.8. The number of nitrogens with two attached hydrogens (primary N) is 1. The van der Waals surface area contributed by atoms with Crippen molar-refractivity contribution in [1.82, 2.24) is 14.5 Å². The van der Waals surface area contributed by atoms with Crippen molar-refractivity contribution in [1.29, 1.82) is 0 Å². The maximum Gasteiger partial charge on any atom is 0.340 e. The number of pyridine rings is 1. The molecule has 0 aliphatic carbocycles. The first-order chi connectivity index (χ1) is 14.8. The van der Waals surface area contributed by atoms with Crippen molar-refractivity contribution in [3.63, 3.8) is 0 Å². The van der Waals surface area contributed by atoms with Gasteiger partial charge in [-0.3, -0.25) is 29.0 Å². The Balaban J connectivity index is 2.30. The van der Waals surface area contributed by atoms with E-state index in [0.717, 1.165) is 11.3 Å². The first-order valence-electron chi connectivity index (χ1n) is 9.49. The van der Waals surface area contributed by atoms with Gasteiger partial charge in [0.25, 0.3) is 11.5 Å². The third-order valence-electron chi connectivity index (χ3n) is 4.31. The van der Waals surface area contributed by atoms with Gasteiger partial charge in [-0.15, -0.1) is 0 Å². The highest BCUT2D eigenvalue weighted by Gasteiger charge is 2.25. The second-order valence-corrected chi connectivity index (χ2v) is 7.42. The monoisotopic (exact) mass is 497 g/mol. The van der Waals surface area contributed by atoms with E-state index in [0.29, 0.717) is 10.9 Å². The Kier molecular flexibility index (Phi) is 8.94. The lowest BCUT2D eigenvalue weighted by Gasteiger charge is -2.24. The second-order valence-electron chi connectivity index (χ2n) is 6.50. The first-order valence-corrected chi connectivity index (χ1v) is 10.3. The van der Waals surface area contributed by atoms with Gasteiger partial charge in [0.1, 0.15) is 5.82 Å². The van der Waals surface area contributed by atoms with Gasteiger partial charge in [-0.1, -0.05) is 13.3 Å². The Morgan fingerprint density at radius 1 is 1.32 bits per heavy atom. The van der Waals surface area contributed by atoms with Gasteiger partial charge in [0.05, 0.1) is 12.2 Å². The van der Waals surface area contributed by atoms with Crippen molar-refractivity contribution in [2.75, 3.05) is 37.5 Å². The number of aromatic nitrogens is 3. The van der Waals surface area contributed by atoms with Gasteiger partial charge in [-0.05, 0) is 28.4 Å². The lowest BCUT2D eigenvalue weighted by atomic mass is 10.3. The van der Waals surface area contributed by atoms with Crippen LogP contribution in [0.25, 0.3) is 0 Å². The molecule has 3 N–H and O–H groups in total. The summed E-state index contributed by atoms with van der Waals surface area (Å²) < 4.78 is 11.9. The van der Waals surface area contributed by atoms with E-state index in [4.69, 9.17) is 15.2 Å². The summed E-state index contributed by atoms with van der Waals surface area (Å²) in [6, 6.07) is 1.49. The molecule has 0 aliphatic rings. The molecule has 2 aromatic heterocycles. The highest BCUT2D eigenvalue weighted by atomic mass is 79.9. The molecular formula is C19H24BrN5O6. The first kappa shape index (κ1) is 24.3. The summed E-state index contributed by atoms with van der Waals surface area (Å²) in [4.78, 5) is 56.8. The standard InChI is InChI=1S/C19H24BrN5O6/c1-3-4-5-25-16(21)15(17(27)23-19(25)29)24(6-7-30-2)14(26)11-31-18(28)12-8-13(20)10-22-9-12/h8-10H,3-7,11,21H2,1-2H3,(H,23,27,29). The third-order valence-corrected chi connectivity index (χ3v) is 4.74. The molecule has 0 aliphatic heterocycles. The number of methoxy groups -OCH3 is 1. The van der Waals surface area contributed by atoms with Crippen molar-refractivity contribution in [2.24, 2.45) is 0 Å². The predicted octanol–water partition coefficient (Wildman–Crippen LogP) is 0.913. The highest BCUT2D eigenvalue weighted by Crippen LogP contribution is 2.18. The summed E-state index contributed by atoms with van der Waals surface area (Å²) in [5.41, 5.74) is 4.56. The van der Waals surface area contributed by atoms with Crippen LogP contribution in [0.4, 0.5) is 11.5 Å². The minimum atomic E-state index is -0.817. The van der Waals surface area contributed by atoms with Gasteiger partial charge >= 0.3 is 11.7 Å². The number of hydrogen-bond donors (Lipinski definition) is 2. The van der Waals surface area contributed by atoms with Gasteiger partial charge in [-0.2, -0.15) is 0 Å². The minimum Gasteiger partial charge on any atom is -0.452 e. The van der Waals surface area contributed by atoms with Crippen LogP contribution in [0, 0.1) is 0 Å². The van der Waals surface area contributed by atoms with E-state index in [1.54, 1.807) is 0 Å². The molecule has 11 nitrogen and oxygen atoms in total. The molecule has 0 fully saturated rings. The van der Waals surface area contributed by atoms with Crippen molar-refractivity contribution in [3.8, 4) is 0 Å². The molecule has 2 heterocycles. The van der Waals surface area contributed by atoms with Crippen LogP contribution in [0.2, 0.25) is 0 Å². The average molecular weight is 498 g/mol. The Labute approximate surface area is 186 Å². The van der Waals surface area contributed by atoms with E-state index >= 15 is 0 Å². The zero-order chi connectivity index (χ0) is 23.0. The van der Waals surface area contributed by atoms with E-state index in [-0.39, 0.29) is 36.8 Å². The van der Waals surface area contributed by atoms with E-state index < -0.39 is 29.7 Å². The van der Waals surface area contributed by atoms with Crippen molar-refractivity contribution < 1.29 is 19.1 Å². The predicted molar refractivity (Wildman–Crippen MR) is 117 cm³/mol. The Bertz CT molecular complexity index is 1050. The Morgan fingerprint density at radius 2 is 2.06 bits per heavy atom. The quantitative estimate of drug-likeness (QED) is 0.459. The fourth-order valence-electron chi connectivity index (χ4n) is 2.73. The number of aromatic amines is 1. The van der Waals surface area contributed by atoms with Crippen LogP contribution < -0.4 is 21.9 Å². The van der Waals surface area contributed by atoms with Gasteiger partial charge < -0.3 is 15.2 Å². The molecule has 0 spiro atoms. The van der Waals surface area contributed by atoms with Crippen molar-refractivity contribution in [3.05, 3.63) is 49.3 Å². The lowest BCUT2D eigenvalue weighted by Crippen LogP contribution is -2.44. The van der Waals surface area contributed by atoms with E-state index in [9.17, 15) is 19.2 Å². The number of amides is 1. The van der Waals surface area contributed by atoms with Crippen molar-refractivity contribution in [2.45, 2.75) is 26.3 Å². The normalized spacial score (nSPS) is 10.7. The number of anilines is 2. The van der Waals surface area contributed by atoms with E-state index in [2.05, 4.69) is 25.9 Å². The number of H-pyrrole nitrogens is 1. The number of unbranched alkanes of at least 4 members (excludes halogenated alkanes) is 1. The molecule has 0 saturated carbocycles. The number of halogens is 1. The molecule has 0 atom stereocenters. The van der Waals surface area contributed by atoms with Crippen LogP contribution in [-0.4, -0.2) is 53.3 Å². The molecule has 0 radical (unpaired) electrons. The highest BCUT2D eigenvalue weighted by molar-refractivity contribution is 9.10. The van der Waals surface area contributed by atoms with Crippen LogP contribution in [-0.2, 0) is 20.8 Å². The number of hydrogen-bond acceptors (Lipinski definition) is 8. The summed E-state index contributed by atoms with van der Waals surface area (Å²) in [5, 5.41) is 0. The Morgan fingerprint density at radius 3 is 2.71 bits per heavy atom. The van der Waals surface area contributed by atoms with E-state index in [1.807, 2.05) is 6.92 Å². The van der Waals surface area contributed by atoms with Crippen molar-refractivity contribution >= 4 is 39.3 Å². The Hall–Kier alpha value is -2.99. The molecule has 0 unspecified atom stereocenters. The number of nitrogens with zero attached hydrogens (tertiary/aromatic N) is 3. The van der Waals surface area contributed by atoms with Gasteiger partial charge in [0.15, 0.2) is 12.3 Å². The molecule has 2 aromatic rings. The number of ether oxygens (including phenoxy) is 2. The van der Waals surface area contributed by atoms with Crippen LogP contribution in [0.1, 0.15) is 30.1 Å². The number of nitrogen functional groups attached to an aromatic ring is 1. The van der Waals surface area contributed by atoms with Crippen LogP contribution >= 0.6 is 15.9 Å². The fourth-order valence-corrected chi connectivity index (χ4v) is 3.10. The maximum absolute atomic E-state index is 12.8. The fraction of sp³-hybridized carbons (Fsp3) is 0.421. The lowest BCUT2D eigenvalue weighted by molar-refractivity contribution is -0.121. The van der Waals surface area contributed by atoms with Crippen LogP contribution in [0.15, 0.2) is 32.5 Å². The van der Waals surface area contributed by atoms with Crippen LogP contribution in [0.3, 0.4) is 0 Å². The second kappa shape index (κ2) is 11.4. The molecule has 2 rings (SSSR count). The number of esters is 1. The smallest absolute Gasteiger partial charge is 0.340 e. The molecule has 12 heteroatoms. The van der Waals surface area contributed by atoms with Crippen LogP contribution in [0.5, 0.6) is 0 Å². The SMILES string of the molecule is CCCCn1c(N)c(N(CCOC)C(=O)COC(=O)c2cncc(Br)c2)c(=O)[nH]c1=O. The molecule has 0 aromatic carbocycles. The number of rotatable bonds is 10. The topological polar surface area (TPSA) is 150 Å². The van der Waals surface area contributed by atoms with Gasteiger partial charge in [0.2, 0.25) is 0 Å². The summed E-state index contributed by atoms with van der Waals surface area (Å²) in [5.74, 6) is -1.61.